The minimum atomic E-state index is -4.35. The van der Waals surface area contributed by atoms with Crippen LogP contribution in [0.1, 0.15) is 5.56 Å². The number of nitrogens with two attached hydrogens (primary N) is 1. The van der Waals surface area contributed by atoms with Gasteiger partial charge in [-0.15, -0.1) is 0 Å². The number of rotatable bonds is 1. The highest BCUT2D eigenvalue weighted by Gasteiger charge is 2.30. The molecule has 0 spiro atoms. The average Bonchev–Trinajstić information content (AvgIpc) is 2.91. The summed E-state index contributed by atoms with van der Waals surface area (Å²) in [6.45, 7) is 0. The molecule has 0 amide bonds. The minimum absolute atomic E-state index is 0.433. The molecule has 0 saturated heterocycles. The van der Waals surface area contributed by atoms with E-state index in [2.05, 4.69) is 15.2 Å². The van der Waals surface area contributed by atoms with Crippen molar-refractivity contribution in [1.82, 2.24) is 15.2 Å². The quantitative estimate of drug-likeness (QED) is 0.633. The summed E-state index contributed by atoms with van der Waals surface area (Å²) in [5.41, 5.74) is 7.22. The molecule has 0 unspecified atom stereocenters. The van der Waals surface area contributed by atoms with Crippen LogP contribution < -0.4 is 5.73 Å². The second-order valence-corrected chi connectivity index (χ2v) is 4.18. The van der Waals surface area contributed by atoms with Crippen molar-refractivity contribution in [1.29, 1.82) is 0 Å². The van der Waals surface area contributed by atoms with E-state index in [1.807, 2.05) is 0 Å². The second kappa shape index (κ2) is 3.78. The molecule has 0 atom stereocenters. The molecule has 4 nitrogen and oxygen atoms in total. The third-order valence-corrected chi connectivity index (χ3v) is 2.89. The molecule has 4 N–H and O–H groups in total. The SMILES string of the molecule is Nc1cn[nH]c1-c1cc2cc(C(F)(F)F)ccc2[nH]1. The Hall–Kier alpha value is -2.44. The summed E-state index contributed by atoms with van der Waals surface area (Å²) in [4.78, 5) is 3.00. The Bertz CT molecular complexity index is 739. The number of benzene rings is 1. The smallest absolute Gasteiger partial charge is 0.396 e. The van der Waals surface area contributed by atoms with E-state index in [4.69, 9.17) is 5.73 Å². The molecule has 0 aliphatic heterocycles. The number of nitrogens with one attached hydrogen (secondary N) is 2. The van der Waals surface area contributed by atoms with Gasteiger partial charge in [0.05, 0.1) is 23.1 Å². The summed E-state index contributed by atoms with van der Waals surface area (Å²) in [6, 6.07) is 5.14. The van der Waals surface area contributed by atoms with Gasteiger partial charge in [0.1, 0.15) is 5.69 Å². The van der Waals surface area contributed by atoms with Gasteiger partial charge in [0.25, 0.3) is 0 Å². The van der Waals surface area contributed by atoms with Gasteiger partial charge in [0.2, 0.25) is 0 Å². The van der Waals surface area contributed by atoms with Gasteiger partial charge in [-0.2, -0.15) is 18.3 Å². The lowest BCUT2D eigenvalue weighted by atomic mass is 10.1. The number of aromatic amines is 2. The summed E-state index contributed by atoms with van der Waals surface area (Å²) in [5, 5.41) is 6.95. The lowest BCUT2D eigenvalue weighted by Crippen LogP contribution is -2.03. The van der Waals surface area contributed by atoms with Crippen molar-refractivity contribution in [2.24, 2.45) is 0 Å². The largest absolute Gasteiger partial charge is 0.416 e. The molecule has 19 heavy (non-hydrogen) atoms. The number of nitrogens with zero attached hydrogens (tertiary/aromatic N) is 1. The van der Waals surface area contributed by atoms with Crippen LogP contribution in [0.3, 0.4) is 0 Å². The molecule has 3 aromatic rings. The van der Waals surface area contributed by atoms with E-state index in [1.54, 1.807) is 6.07 Å². The first-order chi connectivity index (χ1) is 8.95. The summed E-state index contributed by atoms with van der Waals surface area (Å²) in [5.74, 6) is 0. The number of hydrogen-bond acceptors (Lipinski definition) is 2. The van der Waals surface area contributed by atoms with Gasteiger partial charge in [0.15, 0.2) is 0 Å². The molecule has 98 valence electrons. The molecule has 0 aliphatic rings. The highest BCUT2D eigenvalue weighted by molar-refractivity contribution is 5.87. The molecule has 0 radical (unpaired) electrons. The van der Waals surface area contributed by atoms with E-state index in [9.17, 15) is 13.2 Å². The van der Waals surface area contributed by atoms with Crippen LogP contribution in [0.4, 0.5) is 18.9 Å². The lowest BCUT2D eigenvalue weighted by molar-refractivity contribution is -0.137. The number of hydrogen-bond donors (Lipinski definition) is 3. The summed E-state index contributed by atoms with van der Waals surface area (Å²) in [6.07, 6.45) is -2.90. The number of anilines is 1. The van der Waals surface area contributed by atoms with Gasteiger partial charge in [-0.1, -0.05) is 0 Å². The number of nitrogen functional groups attached to an aromatic ring is 1. The van der Waals surface area contributed by atoms with Crippen LogP contribution in [0.5, 0.6) is 0 Å². The molecular formula is C12H9F3N4. The number of fused-ring (bicyclic) bond motifs is 1. The van der Waals surface area contributed by atoms with Gasteiger partial charge in [-0.05, 0) is 24.3 Å². The third kappa shape index (κ3) is 1.92. The van der Waals surface area contributed by atoms with E-state index in [0.29, 0.717) is 28.0 Å². The van der Waals surface area contributed by atoms with Crippen molar-refractivity contribution in [3.05, 3.63) is 36.0 Å². The Morgan fingerprint density at radius 1 is 1.16 bits per heavy atom. The highest BCUT2D eigenvalue weighted by Crippen LogP contribution is 2.33. The fourth-order valence-corrected chi connectivity index (χ4v) is 1.95. The van der Waals surface area contributed by atoms with Crippen molar-refractivity contribution in [2.75, 3.05) is 5.73 Å². The van der Waals surface area contributed by atoms with Gasteiger partial charge in [-0.25, -0.2) is 0 Å². The zero-order chi connectivity index (χ0) is 13.6. The standard InChI is InChI=1S/C12H9F3N4/c13-12(14,15)7-1-2-9-6(3-7)4-10(18-9)11-8(16)5-17-19-11/h1-5,18H,16H2,(H,17,19). The monoisotopic (exact) mass is 266 g/mol. The average molecular weight is 266 g/mol. The zero-order valence-corrected chi connectivity index (χ0v) is 9.55. The molecule has 3 rings (SSSR count). The number of alkyl halides is 3. The van der Waals surface area contributed by atoms with Crippen LogP contribution in [0.25, 0.3) is 22.3 Å². The predicted octanol–water partition coefficient (Wildman–Crippen LogP) is 3.16. The first kappa shape index (κ1) is 11.6. The summed E-state index contributed by atoms with van der Waals surface area (Å²) < 4.78 is 37.8. The Morgan fingerprint density at radius 2 is 1.95 bits per heavy atom. The topological polar surface area (TPSA) is 70.5 Å². The number of H-pyrrole nitrogens is 2. The van der Waals surface area contributed by atoms with Crippen molar-refractivity contribution in [3.63, 3.8) is 0 Å². The predicted molar refractivity (Wildman–Crippen MR) is 65.3 cm³/mol. The lowest BCUT2D eigenvalue weighted by Gasteiger charge is -2.05. The van der Waals surface area contributed by atoms with Crippen LogP contribution in [0.15, 0.2) is 30.5 Å². The highest BCUT2D eigenvalue weighted by atomic mass is 19.4. The Kier molecular flexibility index (Phi) is 2.31. The fraction of sp³-hybridized carbons (Fsp3) is 0.0833. The maximum absolute atomic E-state index is 12.6. The molecule has 0 fully saturated rings. The third-order valence-electron chi connectivity index (χ3n) is 2.89. The van der Waals surface area contributed by atoms with E-state index in [0.717, 1.165) is 12.1 Å². The number of halogens is 3. The molecular weight excluding hydrogens is 257 g/mol. The minimum Gasteiger partial charge on any atom is -0.396 e. The van der Waals surface area contributed by atoms with Crippen LogP contribution in [0.2, 0.25) is 0 Å². The molecule has 0 saturated carbocycles. The molecule has 2 aromatic heterocycles. The molecule has 0 aliphatic carbocycles. The molecule has 7 heteroatoms. The van der Waals surface area contributed by atoms with E-state index in [1.165, 1.54) is 12.3 Å². The van der Waals surface area contributed by atoms with E-state index < -0.39 is 11.7 Å². The number of aromatic nitrogens is 3. The van der Waals surface area contributed by atoms with E-state index in [-0.39, 0.29) is 0 Å². The Labute approximate surface area is 105 Å². The van der Waals surface area contributed by atoms with Gasteiger partial charge in [0, 0.05) is 10.9 Å². The van der Waals surface area contributed by atoms with E-state index >= 15 is 0 Å². The molecule has 2 heterocycles. The Balaban J connectivity index is 2.14. The second-order valence-electron chi connectivity index (χ2n) is 4.18. The van der Waals surface area contributed by atoms with Crippen molar-refractivity contribution in [2.45, 2.75) is 6.18 Å². The summed E-state index contributed by atoms with van der Waals surface area (Å²) in [7, 11) is 0. The van der Waals surface area contributed by atoms with Gasteiger partial charge >= 0.3 is 6.18 Å². The Morgan fingerprint density at radius 3 is 2.58 bits per heavy atom. The van der Waals surface area contributed by atoms with Crippen LogP contribution in [-0.2, 0) is 6.18 Å². The fourth-order valence-electron chi connectivity index (χ4n) is 1.95. The van der Waals surface area contributed by atoms with Crippen molar-refractivity contribution >= 4 is 16.6 Å². The van der Waals surface area contributed by atoms with Gasteiger partial charge < -0.3 is 10.7 Å². The maximum atomic E-state index is 12.6. The first-order valence-electron chi connectivity index (χ1n) is 5.44. The van der Waals surface area contributed by atoms with Crippen molar-refractivity contribution in [3.8, 4) is 11.4 Å². The van der Waals surface area contributed by atoms with Crippen LogP contribution in [-0.4, -0.2) is 15.2 Å². The first-order valence-corrected chi connectivity index (χ1v) is 5.44. The van der Waals surface area contributed by atoms with Crippen molar-refractivity contribution < 1.29 is 13.2 Å². The maximum Gasteiger partial charge on any atom is 0.416 e. The normalized spacial score (nSPS) is 12.2. The van der Waals surface area contributed by atoms with Gasteiger partial charge in [-0.3, -0.25) is 5.10 Å². The zero-order valence-electron chi connectivity index (χ0n) is 9.55. The summed E-state index contributed by atoms with van der Waals surface area (Å²) >= 11 is 0. The molecule has 0 bridgehead atoms. The molecule has 1 aromatic carbocycles. The van der Waals surface area contributed by atoms with Crippen LogP contribution >= 0.6 is 0 Å². The van der Waals surface area contributed by atoms with Crippen LogP contribution in [0, 0.1) is 0 Å².